The fourth-order valence-electron chi connectivity index (χ4n) is 1.06. The van der Waals surface area contributed by atoms with Gasteiger partial charge >= 0.3 is 0 Å². The molecule has 2 N–H and O–H groups in total. The van der Waals surface area contributed by atoms with Crippen LogP contribution in [0.15, 0.2) is 12.4 Å². The quantitative estimate of drug-likeness (QED) is 0.744. The largest absolute Gasteiger partial charge is 0.347 e. The van der Waals surface area contributed by atoms with Gasteiger partial charge in [-0.2, -0.15) is 0 Å². The number of hydrogen-bond donors (Lipinski definition) is 2. The van der Waals surface area contributed by atoms with E-state index >= 15 is 0 Å². The van der Waals surface area contributed by atoms with E-state index in [9.17, 15) is 8.42 Å². The Morgan fingerprint density at radius 3 is 2.77 bits per heavy atom. The van der Waals surface area contributed by atoms with E-state index in [4.69, 9.17) is 0 Å². The molecule has 1 atom stereocenters. The normalized spacial score (nSPS) is 14.3. The highest BCUT2D eigenvalue weighted by molar-refractivity contribution is 7.88. The number of nitrogens with one attached hydrogen (secondary N) is 2. The van der Waals surface area contributed by atoms with Gasteiger partial charge in [-0.05, 0) is 6.42 Å². The molecule has 0 fully saturated rings. The first-order chi connectivity index (χ1) is 6.03. The van der Waals surface area contributed by atoms with Gasteiger partial charge in [0.2, 0.25) is 10.0 Å². The van der Waals surface area contributed by atoms with E-state index in [0.717, 1.165) is 6.26 Å². The van der Waals surface area contributed by atoms with Crippen molar-refractivity contribution in [3.8, 4) is 0 Å². The second kappa shape index (κ2) is 3.89. The van der Waals surface area contributed by atoms with Crippen molar-refractivity contribution in [3.63, 3.8) is 0 Å². The monoisotopic (exact) mass is 203 g/mol. The Kier molecular flexibility index (Phi) is 3.05. The minimum atomic E-state index is -3.17. The van der Waals surface area contributed by atoms with Gasteiger partial charge in [0.05, 0.1) is 12.3 Å². The molecular formula is C7H13N3O2S. The third-order valence-corrected chi connectivity index (χ3v) is 2.33. The molecule has 5 nitrogen and oxygen atoms in total. The maximum absolute atomic E-state index is 10.9. The topological polar surface area (TPSA) is 74.8 Å². The molecular weight excluding hydrogens is 190 g/mol. The number of imidazole rings is 1. The summed E-state index contributed by atoms with van der Waals surface area (Å²) in [5, 5.41) is 0. The summed E-state index contributed by atoms with van der Waals surface area (Å²) in [6.07, 6.45) is 5.07. The molecule has 0 amide bonds. The van der Waals surface area contributed by atoms with E-state index in [1.54, 1.807) is 12.4 Å². The van der Waals surface area contributed by atoms with E-state index in [1.807, 2.05) is 6.92 Å². The Morgan fingerprint density at radius 2 is 2.38 bits per heavy atom. The number of aromatic amines is 1. The lowest BCUT2D eigenvalue weighted by molar-refractivity contribution is 0.544. The Morgan fingerprint density at radius 1 is 1.69 bits per heavy atom. The molecule has 0 aliphatic carbocycles. The molecule has 6 heteroatoms. The first kappa shape index (κ1) is 10.2. The van der Waals surface area contributed by atoms with Crippen molar-refractivity contribution in [2.24, 2.45) is 0 Å². The first-order valence-corrected chi connectivity index (χ1v) is 5.88. The van der Waals surface area contributed by atoms with Crippen LogP contribution < -0.4 is 4.72 Å². The highest BCUT2D eigenvalue weighted by Gasteiger charge is 2.15. The van der Waals surface area contributed by atoms with Crippen molar-refractivity contribution in [1.29, 1.82) is 0 Å². The summed E-state index contributed by atoms with van der Waals surface area (Å²) in [6.45, 7) is 1.89. The molecule has 0 aromatic carbocycles. The smallest absolute Gasteiger partial charge is 0.209 e. The molecule has 0 bridgehead atoms. The van der Waals surface area contributed by atoms with Crippen molar-refractivity contribution in [1.82, 2.24) is 14.7 Å². The van der Waals surface area contributed by atoms with E-state index in [0.29, 0.717) is 12.2 Å². The van der Waals surface area contributed by atoms with Gasteiger partial charge in [0, 0.05) is 12.4 Å². The highest BCUT2D eigenvalue weighted by Crippen LogP contribution is 2.11. The lowest BCUT2D eigenvalue weighted by Crippen LogP contribution is -2.27. The molecule has 1 heterocycles. The first-order valence-electron chi connectivity index (χ1n) is 3.99. The predicted octanol–water partition coefficient (Wildman–Crippen LogP) is 0.410. The number of H-pyrrole nitrogens is 1. The number of hydrogen-bond acceptors (Lipinski definition) is 3. The maximum Gasteiger partial charge on any atom is 0.209 e. The Balaban J connectivity index is 2.76. The standard InChI is InChI=1S/C7H13N3O2S/c1-3-6(10-13(2,11)12)7-8-4-5-9-7/h4-6,10H,3H2,1-2H3,(H,8,9). The van der Waals surface area contributed by atoms with Crippen LogP contribution >= 0.6 is 0 Å². The van der Waals surface area contributed by atoms with Gasteiger partial charge in [0.1, 0.15) is 5.82 Å². The van der Waals surface area contributed by atoms with E-state index < -0.39 is 10.0 Å². The Hall–Kier alpha value is -0.880. The van der Waals surface area contributed by atoms with Gasteiger partial charge in [-0.15, -0.1) is 0 Å². The van der Waals surface area contributed by atoms with Gasteiger partial charge in [0.15, 0.2) is 0 Å². The minimum absolute atomic E-state index is 0.259. The number of sulfonamides is 1. The molecule has 1 rings (SSSR count). The van der Waals surface area contributed by atoms with Crippen LogP contribution in [0.1, 0.15) is 25.2 Å². The molecule has 13 heavy (non-hydrogen) atoms. The predicted molar refractivity (Wildman–Crippen MR) is 49.6 cm³/mol. The van der Waals surface area contributed by atoms with Crippen LogP contribution in [0.4, 0.5) is 0 Å². The van der Waals surface area contributed by atoms with E-state index in [1.165, 1.54) is 0 Å². The van der Waals surface area contributed by atoms with Crippen LogP contribution in [0.5, 0.6) is 0 Å². The summed E-state index contributed by atoms with van der Waals surface area (Å²) in [6, 6.07) is -0.259. The number of rotatable bonds is 4. The van der Waals surface area contributed by atoms with Crippen LogP contribution in [-0.2, 0) is 10.0 Å². The van der Waals surface area contributed by atoms with Gasteiger partial charge in [0.25, 0.3) is 0 Å². The third-order valence-electron chi connectivity index (χ3n) is 1.61. The molecule has 0 aliphatic heterocycles. The minimum Gasteiger partial charge on any atom is -0.347 e. The zero-order valence-electron chi connectivity index (χ0n) is 7.61. The van der Waals surface area contributed by atoms with Crippen molar-refractivity contribution < 1.29 is 8.42 Å². The second-order valence-corrected chi connectivity index (χ2v) is 4.61. The summed E-state index contributed by atoms with van der Waals surface area (Å²) in [4.78, 5) is 6.86. The number of aromatic nitrogens is 2. The summed E-state index contributed by atoms with van der Waals surface area (Å²) in [7, 11) is -3.17. The molecule has 74 valence electrons. The molecule has 0 spiro atoms. The van der Waals surface area contributed by atoms with E-state index in [-0.39, 0.29) is 6.04 Å². The fraction of sp³-hybridized carbons (Fsp3) is 0.571. The van der Waals surface area contributed by atoms with Crippen molar-refractivity contribution in [3.05, 3.63) is 18.2 Å². The van der Waals surface area contributed by atoms with Gasteiger partial charge < -0.3 is 4.98 Å². The molecule has 0 aliphatic rings. The molecule has 1 aromatic rings. The summed E-state index contributed by atoms with van der Waals surface area (Å²) >= 11 is 0. The highest BCUT2D eigenvalue weighted by atomic mass is 32.2. The molecule has 0 saturated heterocycles. The lowest BCUT2D eigenvalue weighted by Gasteiger charge is -2.12. The molecule has 1 unspecified atom stereocenters. The maximum atomic E-state index is 10.9. The van der Waals surface area contributed by atoms with Crippen molar-refractivity contribution in [2.75, 3.05) is 6.26 Å². The van der Waals surface area contributed by atoms with E-state index in [2.05, 4.69) is 14.7 Å². The molecule has 1 aromatic heterocycles. The zero-order chi connectivity index (χ0) is 9.90. The Bertz CT molecular complexity index is 344. The SMILES string of the molecule is CCC(NS(C)(=O)=O)c1ncc[nH]1. The third kappa shape index (κ3) is 3.16. The fourth-order valence-corrected chi connectivity index (χ4v) is 1.85. The zero-order valence-corrected chi connectivity index (χ0v) is 8.43. The van der Waals surface area contributed by atoms with Gasteiger partial charge in [-0.1, -0.05) is 6.92 Å². The van der Waals surface area contributed by atoms with Crippen LogP contribution in [0.3, 0.4) is 0 Å². The van der Waals surface area contributed by atoms with Crippen LogP contribution in [0.25, 0.3) is 0 Å². The van der Waals surface area contributed by atoms with Gasteiger partial charge in [-0.25, -0.2) is 18.1 Å². The molecule has 0 saturated carbocycles. The van der Waals surface area contributed by atoms with Crippen molar-refractivity contribution >= 4 is 10.0 Å². The van der Waals surface area contributed by atoms with Crippen LogP contribution in [0, 0.1) is 0 Å². The second-order valence-electron chi connectivity index (χ2n) is 2.83. The average molecular weight is 203 g/mol. The van der Waals surface area contributed by atoms with Crippen LogP contribution in [-0.4, -0.2) is 24.6 Å². The van der Waals surface area contributed by atoms with Crippen molar-refractivity contribution in [2.45, 2.75) is 19.4 Å². The molecule has 0 radical (unpaired) electrons. The van der Waals surface area contributed by atoms with Gasteiger partial charge in [-0.3, -0.25) is 0 Å². The summed E-state index contributed by atoms with van der Waals surface area (Å²) in [5.74, 6) is 0.646. The number of nitrogens with zero attached hydrogens (tertiary/aromatic N) is 1. The Labute approximate surface area is 77.6 Å². The summed E-state index contributed by atoms with van der Waals surface area (Å²) < 4.78 is 24.4. The lowest BCUT2D eigenvalue weighted by atomic mass is 10.2. The van der Waals surface area contributed by atoms with Crippen LogP contribution in [0.2, 0.25) is 0 Å². The summed E-state index contributed by atoms with van der Waals surface area (Å²) in [5.41, 5.74) is 0. The average Bonchev–Trinajstić information content (AvgIpc) is 2.50.